The van der Waals surface area contributed by atoms with Gasteiger partial charge < -0.3 is 15.0 Å². The number of nitrogens with zero attached hydrogens (tertiary/aromatic N) is 2. The van der Waals surface area contributed by atoms with Crippen LogP contribution in [0.4, 0.5) is 9.59 Å². The van der Waals surface area contributed by atoms with Gasteiger partial charge in [-0.05, 0) is 6.42 Å². The summed E-state index contributed by atoms with van der Waals surface area (Å²) in [7, 11) is 0. The van der Waals surface area contributed by atoms with Crippen LogP contribution in [0.2, 0.25) is 0 Å². The van der Waals surface area contributed by atoms with E-state index in [0.717, 1.165) is 11.3 Å². The fraction of sp³-hybridized carbons (Fsp3) is 0.727. The molecule has 0 saturated carbocycles. The summed E-state index contributed by atoms with van der Waals surface area (Å²) < 4.78 is 4.62. The molecule has 0 aromatic carbocycles. The van der Waals surface area contributed by atoms with Crippen LogP contribution in [0.15, 0.2) is 0 Å². The molecule has 18 heavy (non-hydrogen) atoms. The second-order valence-electron chi connectivity index (χ2n) is 4.56. The molecule has 7 nitrogen and oxygen atoms in total. The standard InChI is InChI=1S/C11H17N3O4/c1-2-3-12-10(16)13-4-8(5-13)6-14-9(15)7-18-11(14)17/h8H,2-7H2,1H3,(H,12,16). The van der Waals surface area contributed by atoms with Crippen molar-refractivity contribution in [2.24, 2.45) is 5.92 Å². The third-order valence-corrected chi connectivity index (χ3v) is 3.05. The SMILES string of the molecule is CCCNC(=O)N1CC(CN2C(=O)COC2=O)C1. The monoisotopic (exact) mass is 255 g/mol. The Balaban J connectivity index is 1.71. The first-order chi connectivity index (χ1) is 8.61. The summed E-state index contributed by atoms with van der Waals surface area (Å²) >= 11 is 0. The minimum absolute atomic E-state index is 0.0802. The van der Waals surface area contributed by atoms with Crippen molar-refractivity contribution in [3.8, 4) is 0 Å². The summed E-state index contributed by atoms with van der Waals surface area (Å²) in [6.07, 6.45) is 0.325. The lowest BCUT2D eigenvalue weighted by atomic mass is 10.0. The molecule has 1 N–H and O–H groups in total. The Morgan fingerprint density at radius 1 is 1.44 bits per heavy atom. The van der Waals surface area contributed by atoms with Crippen molar-refractivity contribution in [2.75, 3.05) is 32.8 Å². The maximum Gasteiger partial charge on any atom is 0.417 e. The molecule has 0 spiro atoms. The lowest BCUT2D eigenvalue weighted by Crippen LogP contribution is -2.57. The number of cyclic esters (lactones) is 1. The number of rotatable bonds is 4. The number of carbonyl (C=O) groups excluding carboxylic acids is 3. The first kappa shape index (κ1) is 12.7. The Hall–Kier alpha value is -1.79. The third-order valence-electron chi connectivity index (χ3n) is 3.05. The summed E-state index contributed by atoms with van der Waals surface area (Å²) in [6, 6.07) is -0.0802. The first-order valence-corrected chi connectivity index (χ1v) is 6.11. The predicted octanol–water partition coefficient (Wildman–Crippen LogP) is 0.0166. The molecule has 7 heteroatoms. The lowest BCUT2D eigenvalue weighted by Gasteiger charge is -2.40. The summed E-state index contributed by atoms with van der Waals surface area (Å²) in [5.41, 5.74) is 0. The first-order valence-electron chi connectivity index (χ1n) is 6.11. The molecule has 0 unspecified atom stereocenters. The Kier molecular flexibility index (Phi) is 3.69. The molecule has 2 aliphatic rings. The van der Waals surface area contributed by atoms with Crippen molar-refractivity contribution < 1.29 is 19.1 Å². The van der Waals surface area contributed by atoms with Crippen LogP contribution < -0.4 is 5.32 Å². The average molecular weight is 255 g/mol. The van der Waals surface area contributed by atoms with Gasteiger partial charge >= 0.3 is 12.1 Å². The molecule has 2 fully saturated rings. The van der Waals surface area contributed by atoms with Crippen LogP contribution in [0.25, 0.3) is 0 Å². The highest BCUT2D eigenvalue weighted by atomic mass is 16.6. The number of hydrogen-bond acceptors (Lipinski definition) is 4. The van der Waals surface area contributed by atoms with Gasteiger partial charge in [-0.2, -0.15) is 0 Å². The van der Waals surface area contributed by atoms with Crippen molar-refractivity contribution in [2.45, 2.75) is 13.3 Å². The van der Waals surface area contributed by atoms with Crippen molar-refractivity contribution >= 4 is 18.0 Å². The summed E-state index contributed by atoms with van der Waals surface area (Å²) in [5, 5.41) is 2.78. The summed E-state index contributed by atoms with van der Waals surface area (Å²) in [5.74, 6) is -0.138. The molecule has 2 aliphatic heterocycles. The van der Waals surface area contributed by atoms with Gasteiger partial charge in [-0.1, -0.05) is 6.92 Å². The van der Waals surface area contributed by atoms with Gasteiger partial charge in [0.25, 0.3) is 5.91 Å². The van der Waals surface area contributed by atoms with Gasteiger partial charge in [-0.3, -0.25) is 4.79 Å². The number of hydrogen-bond donors (Lipinski definition) is 1. The third kappa shape index (κ3) is 2.55. The van der Waals surface area contributed by atoms with Gasteiger partial charge in [0, 0.05) is 32.1 Å². The normalized spacial score (nSPS) is 19.8. The minimum Gasteiger partial charge on any atom is -0.439 e. The molecule has 100 valence electrons. The molecule has 0 radical (unpaired) electrons. The topological polar surface area (TPSA) is 79.0 Å². The second kappa shape index (κ2) is 5.24. The number of ether oxygens (including phenoxy) is 1. The van der Waals surface area contributed by atoms with E-state index in [1.807, 2.05) is 6.92 Å². The average Bonchev–Trinajstić information content (AvgIpc) is 2.60. The van der Waals surface area contributed by atoms with Crippen LogP contribution in [0.3, 0.4) is 0 Å². The van der Waals surface area contributed by atoms with E-state index in [1.54, 1.807) is 4.90 Å². The number of amides is 4. The Morgan fingerprint density at radius 2 is 2.17 bits per heavy atom. The lowest BCUT2D eigenvalue weighted by molar-refractivity contribution is -0.126. The van der Waals surface area contributed by atoms with Gasteiger partial charge in [0.1, 0.15) is 0 Å². The van der Waals surface area contributed by atoms with Crippen LogP contribution >= 0.6 is 0 Å². The number of nitrogens with one attached hydrogen (secondary N) is 1. The maximum atomic E-state index is 11.5. The zero-order chi connectivity index (χ0) is 13.1. The van der Waals surface area contributed by atoms with E-state index in [0.29, 0.717) is 26.2 Å². The van der Waals surface area contributed by atoms with Crippen LogP contribution in [0.5, 0.6) is 0 Å². The summed E-state index contributed by atoms with van der Waals surface area (Å²) in [4.78, 5) is 36.8. The minimum atomic E-state index is -0.575. The van der Waals surface area contributed by atoms with Crippen molar-refractivity contribution in [3.63, 3.8) is 0 Å². The van der Waals surface area contributed by atoms with Gasteiger partial charge in [0.15, 0.2) is 6.61 Å². The van der Waals surface area contributed by atoms with Gasteiger partial charge in [-0.15, -0.1) is 0 Å². The number of urea groups is 1. The second-order valence-corrected chi connectivity index (χ2v) is 4.56. The molecule has 4 amide bonds. The molecule has 0 aromatic rings. The van der Waals surface area contributed by atoms with Gasteiger partial charge in [0.2, 0.25) is 0 Å². The zero-order valence-corrected chi connectivity index (χ0v) is 10.3. The predicted molar refractivity (Wildman–Crippen MR) is 61.8 cm³/mol. The smallest absolute Gasteiger partial charge is 0.417 e. The van der Waals surface area contributed by atoms with E-state index in [9.17, 15) is 14.4 Å². The molecular formula is C11H17N3O4. The molecule has 2 heterocycles. The quantitative estimate of drug-likeness (QED) is 0.768. The summed E-state index contributed by atoms with van der Waals surface area (Å²) in [6.45, 7) is 3.99. The van der Waals surface area contributed by atoms with Crippen LogP contribution in [-0.2, 0) is 9.53 Å². The maximum absolute atomic E-state index is 11.5. The van der Waals surface area contributed by atoms with Crippen molar-refractivity contribution in [3.05, 3.63) is 0 Å². The molecule has 0 bridgehead atoms. The molecule has 0 aromatic heterocycles. The van der Waals surface area contributed by atoms with E-state index in [-0.39, 0.29) is 24.5 Å². The zero-order valence-electron chi connectivity index (χ0n) is 10.3. The van der Waals surface area contributed by atoms with E-state index in [1.165, 1.54) is 0 Å². The van der Waals surface area contributed by atoms with Crippen LogP contribution in [0, 0.1) is 5.92 Å². The molecule has 0 aliphatic carbocycles. The van der Waals surface area contributed by atoms with Gasteiger partial charge in [0.05, 0.1) is 0 Å². The van der Waals surface area contributed by atoms with E-state index in [2.05, 4.69) is 10.1 Å². The van der Waals surface area contributed by atoms with Crippen molar-refractivity contribution in [1.29, 1.82) is 0 Å². The fourth-order valence-electron chi connectivity index (χ4n) is 2.01. The number of imide groups is 1. The molecule has 0 atom stereocenters. The molecule has 2 rings (SSSR count). The number of carbonyl (C=O) groups is 3. The molecule has 2 saturated heterocycles. The Morgan fingerprint density at radius 3 is 2.72 bits per heavy atom. The van der Waals surface area contributed by atoms with Crippen LogP contribution in [0.1, 0.15) is 13.3 Å². The van der Waals surface area contributed by atoms with Crippen molar-refractivity contribution in [1.82, 2.24) is 15.1 Å². The van der Waals surface area contributed by atoms with E-state index < -0.39 is 6.09 Å². The Labute approximate surface area is 105 Å². The Bertz CT molecular complexity index is 349. The fourth-order valence-corrected chi connectivity index (χ4v) is 2.01. The van der Waals surface area contributed by atoms with E-state index in [4.69, 9.17) is 0 Å². The largest absolute Gasteiger partial charge is 0.439 e. The van der Waals surface area contributed by atoms with E-state index >= 15 is 0 Å². The highest BCUT2D eigenvalue weighted by Gasteiger charge is 2.38. The molecular weight excluding hydrogens is 238 g/mol. The van der Waals surface area contributed by atoms with Gasteiger partial charge in [-0.25, -0.2) is 14.5 Å². The number of likely N-dealkylation sites (tertiary alicyclic amines) is 1. The highest BCUT2D eigenvalue weighted by Crippen LogP contribution is 2.19. The highest BCUT2D eigenvalue weighted by molar-refractivity contribution is 5.97. The van der Waals surface area contributed by atoms with Crippen LogP contribution in [-0.4, -0.2) is 60.6 Å².